The van der Waals surface area contributed by atoms with Crippen LogP contribution in [0.5, 0.6) is 0 Å². The Kier molecular flexibility index (Phi) is 7.08. The lowest BCUT2D eigenvalue weighted by atomic mass is 10.1. The molecule has 1 atom stereocenters. The van der Waals surface area contributed by atoms with Gasteiger partial charge >= 0.3 is 0 Å². The second-order valence-electron chi connectivity index (χ2n) is 6.28. The van der Waals surface area contributed by atoms with E-state index in [9.17, 15) is 4.39 Å². The number of hydrogen-bond acceptors (Lipinski definition) is 2. The molecule has 2 aliphatic rings. The van der Waals surface area contributed by atoms with Gasteiger partial charge in [0, 0.05) is 38.3 Å². The van der Waals surface area contributed by atoms with Crippen LogP contribution in [0.3, 0.4) is 0 Å². The van der Waals surface area contributed by atoms with Crippen molar-refractivity contribution >= 4 is 29.9 Å². The van der Waals surface area contributed by atoms with Crippen LogP contribution in [0.4, 0.5) is 4.39 Å². The van der Waals surface area contributed by atoms with Crippen LogP contribution in [0.1, 0.15) is 24.8 Å². The van der Waals surface area contributed by atoms with E-state index < -0.39 is 0 Å². The van der Waals surface area contributed by atoms with Gasteiger partial charge in [-0.25, -0.2) is 4.39 Å². The minimum absolute atomic E-state index is 0. The first-order valence-corrected chi connectivity index (χ1v) is 8.18. The van der Waals surface area contributed by atoms with E-state index in [-0.39, 0.29) is 29.8 Å². The Morgan fingerprint density at radius 3 is 2.74 bits per heavy atom. The van der Waals surface area contributed by atoms with E-state index in [2.05, 4.69) is 20.5 Å². The molecule has 1 aliphatic carbocycles. The van der Waals surface area contributed by atoms with Crippen molar-refractivity contribution in [2.75, 3.05) is 26.7 Å². The van der Waals surface area contributed by atoms with Crippen molar-refractivity contribution in [1.82, 2.24) is 15.5 Å². The third-order valence-corrected chi connectivity index (χ3v) is 4.57. The molecule has 0 aromatic heterocycles. The Labute approximate surface area is 154 Å². The lowest BCUT2D eigenvalue weighted by molar-refractivity contribution is 0.314. The molecule has 1 saturated heterocycles. The normalized spacial score (nSPS) is 21.8. The number of nitrogens with one attached hydrogen (secondary N) is 2. The van der Waals surface area contributed by atoms with Gasteiger partial charge in [0.25, 0.3) is 0 Å². The third-order valence-electron chi connectivity index (χ3n) is 4.57. The van der Waals surface area contributed by atoms with E-state index in [1.54, 1.807) is 19.2 Å². The second kappa shape index (κ2) is 8.82. The number of likely N-dealkylation sites (tertiary alicyclic amines) is 1. The molecule has 6 heteroatoms. The molecular formula is C17H26FIN4. The van der Waals surface area contributed by atoms with Gasteiger partial charge in [0.2, 0.25) is 0 Å². The highest BCUT2D eigenvalue weighted by molar-refractivity contribution is 14.0. The minimum Gasteiger partial charge on any atom is -0.356 e. The number of benzene rings is 1. The fourth-order valence-corrected chi connectivity index (χ4v) is 3.08. The van der Waals surface area contributed by atoms with Crippen molar-refractivity contribution in [3.8, 4) is 0 Å². The number of nitrogens with zero attached hydrogens (tertiary/aromatic N) is 2. The van der Waals surface area contributed by atoms with Gasteiger partial charge in [-0.1, -0.05) is 18.2 Å². The molecular weight excluding hydrogens is 406 g/mol. The van der Waals surface area contributed by atoms with E-state index in [4.69, 9.17) is 0 Å². The molecule has 4 nitrogen and oxygen atoms in total. The Bertz CT molecular complexity index is 533. The van der Waals surface area contributed by atoms with Gasteiger partial charge in [0.15, 0.2) is 5.96 Å². The summed E-state index contributed by atoms with van der Waals surface area (Å²) >= 11 is 0. The van der Waals surface area contributed by atoms with Crippen LogP contribution in [0.15, 0.2) is 29.3 Å². The topological polar surface area (TPSA) is 39.7 Å². The molecule has 1 unspecified atom stereocenters. The summed E-state index contributed by atoms with van der Waals surface area (Å²) in [6.07, 6.45) is 4.02. The fourth-order valence-electron chi connectivity index (χ4n) is 3.08. The summed E-state index contributed by atoms with van der Waals surface area (Å²) < 4.78 is 13.6. The summed E-state index contributed by atoms with van der Waals surface area (Å²) in [7, 11) is 1.75. The van der Waals surface area contributed by atoms with Crippen molar-refractivity contribution in [3.05, 3.63) is 35.6 Å². The Morgan fingerprint density at radius 1 is 1.26 bits per heavy atom. The van der Waals surface area contributed by atoms with Crippen LogP contribution >= 0.6 is 24.0 Å². The molecule has 1 aliphatic heterocycles. The fraction of sp³-hybridized carbons (Fsp3) is 0.588. The number of guanidine groups is 1. The number of hydrogen-bond donors (Lipinski definition) is 2. The SMILES string of the molecule is CN=C(NCc1ccccc1F)NCC1CCN(C2CC2)C1.I. The largest absolute Gasteiger partial charge is 0.356 e. The zero-order chi connectivity index (χ0) is 15.4. The Morgan fingerprint density at radius 2 is 2.04 bits per heavy atom. The zero-order valence-electron chi connectivity index (χ0n) is 13.6. The average Bonchev–Trinajstić information content (AvgIpc) is 3.28. The van der Waals surface area contributed by atoms with Crippen LogP contribution in [0.25, 0.3) is 0 Å². The first-order valence-electron chi connectivity index (χ1n) is 8.18. The molecule has 1 heterocycles. The highest BCUT2D eigenvalue weighted by Gasteiger charge is 2.34. The first kappa shape index (κ1) is 18.4. The molecule has 1 saturated carbocycles. The highest BCUT2D eigenvalue weighted by Crippen LogP contribution is 2.31. The summed E-state index contributed by atoms with van der Waals surface area (Å²) in [5, 5.41) is 6.55. The third kappa shape index (κ3) is 5.31. The maximum atomic E-state index is 13.6. The Balaban J connectivity index is 0.00000192. The van der Waals surface area contributed by atoms with E-state index in [0.29, 0.717) is 18.0 Å². The van der Waals surface area contributed by atoms with Crippen molar-refractivity contribution in [1.29, 1.82) is 0 Å². The molecule has 23 heavy (non-hydrogen) atoms. The van der Waals surface area contributed by atoms with Crippen molar-refractivity contribution in [2.24, 2.45) is 10.9 Å². The van der Waals surface area contributed by atoms with Gasteiger partial charge in [-0.15, -0.1) is 24.0 Å². The smallest absolute Gasteiger partial charge is 0.191 e. The molecule has 0 bridgehead atoms. The van der Waals surface area contributed by atoms with Crippen LogP contribution < -0.4 is 10.6 Å². The molecule has 0 amide bonds. The van der Waals surface area contributed by atoms with E-state index >= 15 is 0 Å². The summed E-state index contributed by atoms with van der Waals surface area (Å²) in [6, 6.07) is 7.69. The summed E-state index contributed by atoms with van der Waals surface area (Å²) in [5.41, 5.74) is 0.659. The molecule has 2 fully saturated rings. The second-order valence-corrected chi connectivity index (χ2v) is 6.28. The minimum atomic E-state index is -0.179. The van der Waals surface area contributed by atoms with Crippen molar-refractivity contribution in [3.63, 3.8) is 0 Å². The molecule has 0 radical (unpaired) electrons. The monoisotopic (exact) mass is 432 g/mol. The number of aliphatic imine (C=N–C) groups is 1. The maximum Gasteiger partial charge on any atom is 0.191 e. The molecule has 3 rings (SSSR count). The number of halogens is 2. The van der Waals surface area contributed by atoms with Gasteiger partial charge in [-0.3, -0.25) is 4.99 Å². The average molecular weight is 432 g/mol. The lowest BCUT2D eigenvalue weighted by Crippen LogP contribution is -2.40. The van der Waals surface area contributed by atoms with E-state index in [0.717, 1.165) is 18.5 Å². The molecule has 128 valence electrons. The summed E-state index contributed by atoms with van der Waals surface area (Å²) in [6.45, 7) is 3.81. The van der Waals surface area contributed by atoms with Gasteiger partial charge in [0.05, 0.1) is 0 Å². The molecule has 0 spiro atoms. The van der Waals surface area contributed by atoms with E-state index in [1.165, 1.54) is 38.4 Å². The summed E-state index contributed by atoms with van der Waals surface area (Å²) in [5.74, 6) is 1.25. The van der Waals surface area contributed by atoms with Crippen LogP contribution in [-0.4, -0.2) is 43.6 Å². The predicted octanol–water partition coefficient (Wildman–Crippen LogP) is 2.59. The maximum absolute atomic E-state index is 13.6. The van der Waals surface area contributed by atoms with Crippen LogP contribution in [-0.2, 0) is 6.54 Å². The Hall–Kier alpha value is -0.890. The highest BCUT2D eigenvalue weighted by atomic mass is 127. The van der Waals surface area contributed by atoms with Crippen molar-refractivity contribution in [2.45, 2.75) is 31.8 Å². The predicted molar refractivity (Wildman–Crippen MR) is 103 cm³/mol. The first-order chi connectivity index (χ1) is 10.8. The summed E-state index contributed by atoms with van der Waals surface area (Å²) in [4.78, 5) is 6.83. The van der Waals surface area contributed by atoms with Gasteiger partial charge < -0.3 is 15.5 Å². The molecule has 2 N–H and O–H groups in total. The van der Waals surface area contributed by atoms with Crippen molar-refractivity contribution < 1.29 is 4.39 Å². The van der Waals surface area contributed by atoms with E-state index in [1.807, 2.05) is 6.07 Å². The number of rotatable bonds is 5. The van der Waals surface area contributed by atoms with Gasteiger partial charge in [-0.05, 0) is 37.8 Å². The standard InChI is InChI=1S/C17H25FN4.HI/c1-19-17(21-11-14-4-2-3-5-16(14)18)20-10-13-8-9-22(12-13)15-6-7-15;/h2-5,13,15H,6-12H2,1H3,(H2,19,20,21);1H. The molecule has 1 aromatic rings. The quantitative estimate of drug-likeness (QED) is 0.427. The molecule has 1 aromatic carbocycles. The van der Waals surface area contributed by atoms with Gasteiger partial charge in [-0.2, -0.15) is 0 Å². The van der Waals surface area contributed by atoms with Crippen LogP contribution in [0.2, 0.25) is 0 Å². The van der Waals surface area contributed by atoms with Gasteiger partial charge in [0.1, 0.15) is 5.82 Å². The van der Waals surface area contributed by atoms with Crippen LogP contribution in [0, 0.1) is 11.7 Å². The zero-order valence-corrected chi connectivity index (χ0v) is 15.9. The lowest BCUT2D eigenvalue weighted by Gasteiger charge is -2.17.